The third-order valence-corrected chi connectivity index (χ3v) is 6.35. The molecule has 2 aromatic carbocycles. The fourth-order valence-corrected chi connectivity index (χ4v) is 4.43. The zero-order valence-electron chi connectivity index (χ0n) is 19.2. The first-order chi connectivity index (χ1) is 17.7. The normalized spacial score (nSPS) is 17.8. The third kappa shape index (κ3) is 4.50. The maximum atomic E-state index is 12.9. The quantitative estimate of drug-likeness (QED) is 0.279. The summed E-state index contributed by atoms with van der Waals surface area (Å²) in [5.74, 6) is 1.45. The van der Waals surface area contributed by atoms with Gasteiger partial charge < -0.3 is 19.1 Å². The number of aromatic nitrogens is 4. The van der Waals surface area contributed by atoms with Crippen molar-refractivity contribution in [1.29, 1.82) is 0 Å². The molecule has 0 radical (unpaired) electrons. The summed E-state index contributed by atoms with van der Waals surface area (Å²) in [5, 5.41) is 18.5. The first-order valence-corrected chi connectivity index (χ1v) is 11.7. The van der Waals surface area contributed by atoms with Crippen molar-refractivity contribution in [1.82, 2.24) is 20.5 Å². The Morgan fingerprint density at radius 2 is 1.58 bits per heavy atom. The maximum Gasteiger partial charge on any atom is 0.361 e. The maximum absolute atomic E-state index is 12.9. The number of rotatable bonds is 8. The summed E-state index contributed by atoms with van der Waals surface area (Å²) in [6.07, 6.45) is 2.78. The number of aromatic amines is 1. The number of anilines is 1. The Morgan fingerprint density at radius 1 is 0.917 bits per heavy atom. The largest absolute Gasteiger partial charge is 0.451 e. The van der Waals surface area contributed by atoms with Gasteiger partial charge in [0.05, 0.1) is 0 Å². The molecule has 0 spiro atoms. The van der Waals surface area contributed by atoms with Gasteiger partial charge in [-0.1, -0.05) is 71.0 Å². The standard InChI is InChI=1S/C27H23N5O4/c33-27(22-15-23(35-31-22)17-7-3-1-4-8-17)34-26(21-11-12-28-30-21)19-13-20(14-19)29-25-16-24(36-32-25)18-9-5-2-6-10-18/h1-12,15-16,19-20,26H,13-14H2,(H,28,30)(H,29,32). The first-order valence-electron chi connectivity index (χ1n) is 11.7. The summed E-state index contributed by atoms with van der Waals surface area (Å²) in [6.45, 7) is 0. The minimum Gasteiger partial charge on any atom is -0.451 e. The van der Waals surface area contributed by atoms with Crippen molar-refractivity contribution in [2.24, 2.45) is 5.92 Å². The molecule has 180 valence electrons. The van der Waals surface area contributed by atoms with Crippen LogP contribution >= 0.6 is 0 Å². The van der Waals surface area contributed by atoms with Crippen LogP contribution in [0.3, 0.4) is 0 Å². The number of nitrogens with one attached hydrogen (secondary N) is 2. The lowest BCUT2D eigenvalue weighted by atomic mass is 9.75. The molecule has 3 aromatic heterocycles. The summed E-state index contributed by atoms with van der Waals surface area (Å²) >= 11 is 0. The lowest BCUT2D eigenvalue weighted by molar-refractivity contribution is -0.00682. The summed E-state index contributed by atoms with van der Waals surface area (Å²) in [5.41, 5.74) is 2.60. The Morgan fingerprint density at radius 3 is 2.25 bits per heavy atom. The molecular weight excluding hydrogens is 458 g/mol. The third-order valence-electron chi connectivity index (χ3n) is 6.35. The van der Waals surface area contributed by atoms with E-state index in [0.717, 1.165) is 24.0 Å². The van der Waals surface area contributed by atoms with Gasteiger partial charge in [0.1, 0.15) is 11.8 Å². The Hall–Kier alpha value is -4.66. The SMILES string of the molecule is O=C(OC(c1cc[nH]n1)C1CC(Nc2cc(-c3ccccc3)on2)C1)c1cc(-c2ccccc2)on1. The van der Waals surface area contributed by atoms with E-state index in [1.807, 2.05) is 72.8 Å². The molecule has 6 rings (SSSR count). The highest BCUT2D eigenvalue weighted by molar-refractivity contribution is 5.88. The monoisotopic (exact) mass is 481 g/mol. The summed E-state index contributed by atoms with van der Waals surface area (Å²) in [7, 11) is 0. The van der Waals surface area contributed by atoms with Gasteiger partial charge in [0, 0.05) is 41.4 Å². The number of hydrogen-bond donors (Lipinski definition) is 2. The first kappa shape index (κ1) is 21.8. The van der Waals surface area contributed by atoms with E-state index in [-0.39, 0.29) is 17.7 Å². The average molecular weight is 482 g/mol. The van der Waals surface area contributed by atoms with Crippen molar-refractivity contribution in [3.05, 3.63) is 96.4 Å². The fourth-order valence-electron chi connectivity index (χ4n) is 4.43. The molecule has 5 aromatic rings. The molecule has 1 atom stereocenters. The number of nitrogens with zero attached hydrogens (tertiary/aromatic N) is 3. The highest BCUT2D eigenvalue weighted by Crippen LogP contribution is 2.41. The second-order valence-electron chi connectivity index (χ2n) is 8.78. The lowest BCUT2D eigenvalue weighted by Crippen LogP contribution is -2.40. The molecule has 0 bridgehead atoms. The van der Waals surface area contributed by atoms with Crippen molar-refractivity contribution in [3.8, 4) is 22.6 Å². The molecule has 0 aliphatic heterocycles. The Labute approximate surface area is 206 Å². The van der Waals surface area contributed by atoms with Crippen molar-refractivity contribution < 1.29 is 18.6 Å². The van der Waals surface area contributed by atoms with Gasteiger partial charge in [0.15, 0.2) is 23.0 Å². The molecular formula is C27H23N5O4. The zero-order chi connectivity index (χ0) is 24.3. The van der Waals surface area contributed by atoms with E-state index in [2.05, 4.69) is 25.8 Å². The van der Waals surface area contributed by atoms with Crippen LogP contribution in [0.4, 0.5) is 5.82 Å². The van der Waals surface area contributed by atoms with Crippen molar-refractivity contribution in [2.45, 2.75) is 25.0 Å². The number of carbonyl (C=O) groups excluding carboxylic acids is 1. The van der Waals surface area contributed by atoms with E-state index in [0.29, 0.717) is 23.0 Å². The minimum atomic E-state index is -0.547. The van der Waals surface area contributed by atoms with E-state index in [9.17, 15) is 4.79 Å². The van der Waals surface area contributed by atoms with Crippen LogP contribution in [0, 0.1) is 5.92 Å². The molecule has 1 aliphatic rings. The van der Waals surface area contributed by atoms with Gasteiger partial charge in [0.25, 0.3) is 0 Å². The van der Waals surface area contributed by atoms with Crippen LogP contribution in [0.2, 0.25) is 0 Å². The lowest BCUT2D eigenvalue weighted by Gasteiger charge is -2.39. The summed E-state index contributed by atoms with van der Waals surface area (Å²) in [6, 6.07) is 24.8. The van der Waals surface area contributed by atoms with Crippen LogP contribution in [-0.2, 0) is 4.74 Å². The van der Waals surface area contributed by atoms with Gasteiger partial charge in [0.2, 0.25) is 0 Å². The van der Waals surface area contributed by atoms with Crippen LogP contribution < -0.4 is 5.32 Å². The predicted molar refractivity (Wildman–Crippen MR) is 131 cm³/mol. The van der Waals surface area contributed by atoms with Gasteiger partial charge >= 0.3 is 5.97 Å². The van der Waals surface area contributed by atoms with Crippen LogP contribution in [0.25, 0.3) is 22.6 Å². The van der Waals surface area contributed by atoms with Crippen LogP contribution in [0.1, 0.15) is 35.1 Å². The molecule has 3 heterocycles. The Kier molecular flexibility index (Phi) is 5.79. The minimum absolute atomic E-state index is 0.0933. The van der Waals surface area contributed by atoms with E-state index in [4.69, 9.17) is 13.8 Å². The van der Waals surface area contributed by atoms with Gasteiger partial charge in [-0.2, -0.15) is 5.10 Å². The van der Waals surface area contributed by atoms with Gasteiger partial charge in [-0.3, -0.25) is 5.10 Å². The van der Waals surface area contributed by atoms with Crippen molar-refractivity contribution >= 4 is 11.8 Å². The fraction of sp³-hybridized carbons (Fsp3) is 0.185. The molecule has 1 aliphatic carbocycles. The second kappa shape index (κ2) is 9.53. The van der Waals surface area contributed by atoms with Gasteiger partial charge in [-0.25, -0.2) is 4.79 Å². The smallest absolute Gasteiger partial charge is 0.361 e. The zero-order valence-corrected chi connectivity index (χ0v) is 19.2. The predicted octanol–water partition coefficient (Wildman–Crippen LogP) is 5.51. The number of carbonyl (C=O) groups is 1. The molecule has 2 N–H and O–H groups in total. The second-order valence-corrected chi connectivity index (χ2v) is 8.78. The number of ether oxygens (including phenoxy) is 1. The molecule has 0 saturated heterocycles. The van der Waals surface area contributed by atoms with E-state index in [1.54, 1.807) is 12.3 Å². The number of benzene rings is 2. The molecule has 1 saturated carbocycles. The van der Waals surface area contributed by atoms with Crippen molar-refractivity contribution in [3.63, 3.8) is 0 Å². The van der Waals surface area contributed by atoms with Crippen LogP contribution in [0.15, 0.2) is 94.1 Å². The molecule has 1 unspecified atom stereocenters. The van der Waals surface area contributed by atoms with Crippen LogP contribution in [0.5, 0.6) is 0 Å². The van der Waals surface area contributed by atoms with Gasteiger partial charge in [-0.15, -0.1) is 0 Å². The van der Waals surface area contributed by atoms with Crippen LogP contribution in [-0.4, -0.2) is 32.5 Å². The topological polar surface area (TPSA) is 119 Å². The molecule has 0 amide bonds. The summed E-state index contributed by atoms with van der Waals surface area (Å²) in [4.78, 5) is 12.9. The van der Waals surface area contributed by atoms with E-state index >= 15 is 0 Å². The molecule has 36 heavy (non-hydrogen) atoms. The average Bonchev–Trinajstić information content (AvgIpc) is 3.68. The molecule has 9 nitrogen and oxygen atoms in total. The number of H-pyrrole nitrogens is 1. The number of hydrogen-bond acceptors (Lipinski definition) is 8. The Bertz CT molecular complexity index is 1420. The van der Waals surface area contributed by atoms with E-state index < -0.39 is 12.1 Å². The van der Waals surface area contributed by atoms with E-state index in [1.165, 1.54) is 0 Å². The Balaban J connectivity index is 1.10. The highest BCUT2D eigenvalue weighted by atomic mass is 16.5. The molecule has 1 fully saturated rings. The van der Waals surface area contributed by atoms with Gasteiger partial charge in [-0.05, 0) is 18.9 Å². The molecule has 9 heteroatoms. The highest BCUT2D eigenvalue weighted by Gasteiger charge is 2.40. The summed E-state index contributed by atoms with van der Waals surface area (Å²) < 4.78 is 16.7. The number of esters is 1. The van der Waals surface area contributed by atoms with Crippen molar-refractivity contribution in [2.75, 3.05) is 5.32 Å².